The van der Waals surface area contributed by atoms with Crippen LogP contribution >= 0.6 is 0 Å². The fourth-order valence-electron chi connectivity index (χ4n) is 1.38. The lowest BCUT2D eigenvalue weighted by atomic mass is 10.1. The Morgan fingerprint density at radius 2 is 2.12 bits per heavy atom. The molecular formula is C13H19NO3. The number of nitrogens with two attached hydrogens (primary N) is 1. The zero-order valence-electron chi connectivity index (χ0n) is 10.5. The molecule has 0 aliphatic carbocycles. The molecule has 4 nitrogen and oxygen atoms in total. The largest absolute Gasteiger partial charge is 0.479 e. The van der Waals surface area contributed by atoms with Gasteiger partial charge >= 0.3 is 5.97 Å². The van der Waals surface area contributed by atoms with Gasteiger partial charge in [0, 0.05) is 6.04 Å². The number of esters is 1. The van der Waals surface area contributed by atoms with Crippen molar-refractivity contribution < 1.29 is 14.3 Å². The lowest BCUT2D eigenvalue weighted by Crippen LogP contribution is -2.26. The van der Waals surface area contributed by atoms with E-state index in [4.69, 9.17) is 15.2 Å². The summed E-state index contributed by atoms with van der Waals surface area (Å²) in [6, 6.07) is 7.34. The van der Waals surface area contributed by atoms with Crippen LogP contribution in [0, 0.1) is 0 Å². The fraction of sp³-hybridized carbons (Fsp3) is 0.462. The average Bonchev–Trinajstić information content (AvgIpc) is 2.29. The number of rotatable bonds is 5. The van der Waals surface area contributed by atoms with Crippen molar-refractivity contribution in [3.63, 3.8) is 0 Å². The molecule has 0 heterocycles. The summed E-state index contributed by atoms with van der Waals surface area (Å²) in [4.78, 5) is 11.4. The Kier molecular flexibility index (Phi) is 4.97. The summed E-state index contributed by atoms with van der Waals surface area (Å²) in [6.07, 6.45) is -0.613. The molecule has 0 fully saturated rings. The number of hydrogen-bond acceptors (Lipinski definition) is 4. The van der Waals surface area contributed by atoms with E-state index < -0.39 is 6.10 Å². The molecule has 0 spiro atoms. The molecular weight excluding hydrogens is 218 g/mol. The maximum Gasteiger partial charge on any atom is 0.347 e. The molecule has 1 rings (SSSR count). The van der Waals surface area contributed by atoms with Crippen molar-refractivity contribution in [1.82, 2.24) is 0 Å². The molecule has 0 radical (unpaired) electrons. The van der Waals surface area contributed by atoms with E-state index in [-0.39, 0.29) is 12.0 Å². The van der Waals surface area contributed by atoms with Gasteiger partial charge in [-0.25, -0.2) is 4.79 Å². The molecule has 0 saturated carbocycles. The Bertz CT molecular complexity index is 377. The summed E-state index contributed by atoms with van der Waals surface area (Å²) >= 11 is 0. The lowest BCUT2D eigenvalue weighted by Gasteiger charge is -2.14. The van der Waals surface area contributed by atoms with E-state index in [0.29, 0.717) is 12.4 Å². The maximum absolute atomic E-state index is 11.4. The molecule has 0 aromatic heterocycles. The van der Waals surface area contributed by atoms with Crippen LogP contribution < -0.4 is 10.5 Å². The summed E-state index contributed by atoms with van der Waals surface area (Å²) in [5.74, 6) is 0.263. The van der Waals surface area contributed by atoms with Gasteiger partial charge in [-0.05, 0) is 38.5 Å². The van der Waals surface area contributed by atoms with Crippen LogP contribution in [0.4, 0.5) is 0 Å². The van der Waals surface area contributed by atoms with Crippen LogP contribution in [0.5, 0.6) is 5.75 Å². The van der Waals surface area contributed by atoms with Gasteiger partial charge in [0.1, 0.15) is 5.75 Å². The highest BCUT2D eigenvalue weighted by atomic mass is 16.6. The predicted octanol–water partition coefficient (Wildman–Crippen LogP) is 2.04. The first-order valence-electron chi connectivity index (χ1n) is 5.73. The van der Waals surface area contributed by atoms with Gasteiger partial charge in [0.25, 0.3) is 0 Å². The minimum absolute atomic E-state index is 0.0588. The zero-order chi connectivity index (χ0) is 12.8. The van der Waals surface area contributed by atoms with Crippen LogP contribution in [-0.2, 0) is 9.53 Å². The lowest BCUT2D eigenvalue weighted by molar-refractivity contribution is -0.150. The van der Waals surface area contributed by atoms with Crippen LogP contribution in [0.15, 0.2) is 24.3 Å². The number of hydrogen-bond donors (Lipinski definition) is 1. The monoisotopic (exact) mass is 237 g/mol. The first-order valence-corrected chi connectivity index (χ1v) is 5.73. The fourth-order valence-corrected chi connectivity index (χ4v) is 1.38. The van der Waals surface area contributed by atoms with Gasteiger partial charge in [0.15, 0.2) is 6.10 Å². The minimum atomic E-state index is -0.613. The van der Waals surface area contributed by atoms with Crippen LogP contribution in [0.3, 0.4) is 0 Å². The Balaban J connectivity index is 2.68. The number of ether oxygens (including phenoxy) is 2. The maximum atomic E-state index is 11.4. The van der Waals surface area contributed by atoms with Gasteiger partial charge < -0.3 is 15.2 Å². The summed E-state index contributed by atoms with van der Waals surface area (Å²) in [7, 11) is 0. The van der Waals surface area contributed by atoms with E-state index in [1.54, 1.807) is 19.9 Å². The smallest absolute Gasteiger partial charge is 0.347 e. The van der Waals surface area contributed by atoms with Gasteiger partial charge in [0.2, 0.25) is 0 Å². The van der Waals surface area contributed by atoms with E-state index in [0.717, 1.165) is 5.56 Å². The van der Waals surface area contributed by atoms with Gasteiger partial charge in [-0.3, -0.25) is 0 Å². The molecule has 0 amide bonds. The molecule has 4 heteroatoms. The normalized spacial score (nSPS) is 13.9. The van der Waals surface area contributed by atoms with E-state index in [1.165, 1.54) is 0 Å². The Morgan fingerprint density at radius 1 is 1.41 bits per heavy atom. The topological polar surface area (TPSA) is 61.5 Å². The second-order valence-corrected chi connectivity index (χ2v) is 3.87. The molecule has 1 aromatic carbocycles. The molecule has 1 unspecified atom stereocenters. The van der Waals surface area contributed by atoms with E-state index in [9.17, 15) is 4.79 Å². The highest BCUT2D eigenvalue weighted by Crippen LogP contribution is 2.18. The van der Waals surface area contributed by atoms with Crippen molar-refractivity contribution in [2.24, 2.45) is 5.73 Å². The van der Waals surface area contributed by atoms with Gasteiger partial charge in [-0.15, -0.1) is 0 Å². The highest BCUT2D eigenvalue weighted by Gasteiger charge is 2.15. The van der Waals surface area contributed by atoms with E-state index in [1.807, 2.05) is 25.1 Å². The van der Waals surface area contributed by atoms with E-state index in [2.05, 4.69) is 0 Å². The van der Waals surface area contributed by atoms with Crippen molar-refractivity contribution in [1.29, 1.82) is 0 Å². The van der Waals surface area contributed by atoms with Crippen molar-refractivity contribution >= 4 is 5.97 Å². The van der Waals surface area contributed by atoms with Crippen LogP contribution in [0.2, 0.25) is 0 Å². The second kappa shape index (κ2) is 6.25. The molecule has 94 valence electrons. The van der Waals surface area contributed by atoms with E-state index >= 15 is 0 Å². The first-order chi connectivity index (χ1) is 8.04. The van der Waals surface area contributed by atoms with Gasteiger partial charge in [-0.2, -0.15) is 0 Å². The van der Waals surface area contributed by atoms with Gasteiger partial charge in [-0.1, -0.05) is 12.1 Å². The molecule has 2 N–H and O–H groups in total. The third-order valence-corrected chi connectivity index (χ3v) is 2.32. The standard InChI is InChI=1S/C13H19NO3/c1-4-16-13(15)10(3)17-12-7-5-6-11(8-12)9(2)14/h5-10H,4,14H2,1-3H3/t9-,10?/m0/s1. The minimum Gasteiger partial charge on any atom is -0.479 e. The Hall–Kier alpha value is -1.55. The SMILES string of the molecule is CCOC(=O)C(C)Oc1cccc([C@H](C)N)c1. The molecule has 2 atom stereocenters. The molecule has 0 aliphatic rings. The second-order valence-electron chi connectivity index (χ2n) is 3.87. The quantitative estimate of drug-likeness (QED) is 0.796. The van der Waals surface area contributed by atoms with Crippen molar-refractivity contribution in [2.45, 2.75) is 32.9 Å². The summed E-state index contributed by atoms with van der Waals surface area (Å²) in [5, 5.41) is 0. The van der Waals surface area contributed by atoms with Crippen LogP contribution in [0.1, 0.15) is 32.4 Å². The van der Waals surface area contributed by atoms with Crippen molar-refractivity contribution in [3.8, 4) is 5.75 Å². The molecule has 17 heavy (non-hydrogen) atoms. The van der Waals surface area contributed by atoms with Crippen molar-refractivity contribution in [3.05, 3.63) is 29.8 Å². The Morgan fingerprint density at radius 3 is 2.71 bits per heavy atom. The molecule has 1 aromatic rings. The summed E-state index contributed by atoms with van der Waals surface area (Å²) < 4.78 is 10.4. The predicted molar refractivity (Wildman–Crippen MR) is 65.8 cm³/mol. The number of carbonyl (C=O) groups excluding carboxylic acids is 1. The number of carbonyl (C=O) groups is 1. The first kappa shape index (κ1) is 13.5. The van der Waals surface area contributed by atoms with Crippen LogP contribution in [0.25, 0.3) is 0 Å². The summed E-state index contributed by atoms with van der Waals surface area (Å²) in [5.41, 5.74) is 6.74. The molecule has 0 aliphatic heterocycles. The average molecular weight is 237 g/mol. The molecule has 0 saturated heterocycles. The summed E-state index contributed by atoms with van der Waals surface area (Å²) in [6.45, 7) is 5.68. The van der Waals surface area contributed by atoms with Crippen molar-refractivity contribution in [2.75, 3.05) is 6.61 Å². The third kappa shape index (κ3) is 4.07. The van der Waals surface area contributed by atoms with Gasteiger partial charge in [0.05, 0.1) is 6.61 Å². The number of benzene rings is 1. The Labute approximate surface area is 102 Å². The third-order valence-electron chi connectivity index (χ3n) is 2.32. The van der Waals surface area contributed by atoms with Crippen LogP contribution in [-0.4, -0.2) is 18.7 Å². The molecule has 0 bridgehead atoms. The zero-order valence-corrected chi connectivity index (χ0v) is 10.5. The highest BCUT2D eigenvalue weighted by molar-refractivity contribution is 5.74.